The highest BCUT2D eigenvalue weighted by Gasteiger charge is 2.30. The lowest BCUT2D eigenvalue weighted by molar-refractivity contribution is -0.116. The normalized spacial score (nSPS) is 21.1. The van der Waals surface area contributed by atoms with Crippen molar-refractivity contribution in [1.29, 1.82) is 0 Å². The molecule has 3 aliphatic heterocycles. The zero-order valence-corrected chi connectivity index (χ0v) is 18.0. The number of hydrogen-bond acceptors (Lipinski definition) is 7. The molecule has 0 radical (unpaired) electrons. The molecule has 33 heavy (non-hydrogen) atoms. The first-order valence-electron chi connectivity index (χ1n) is 11.1. The number of nitrogens with zero attached hydrogens (tertiary/aromatic N) is 3. The topological polar surface area (TPSA) is 97.7 Å². The monoisotopic (exact) mass is 441 g/mol. The number of ether oxygens (including phenoxy) is 2. The predicted octanol–water partition coefficient (Wildman–Crippen LogP) is 3.45. The van der Waals surface area contributed by atoms with Crippen LogP contribution >= 0.6 is 0 Å². The lowest BCUT2D eigenvalue weighted by Gasteiger charge is -2.27. The number of amides is 1. The van der Waals surface area contributed by atoms with Crippen LogP contribution in [0.25, 0.3) is 0 Å². The minimum absolute atomic E-state index is 0.0151. The van der Waals surface area contributed by atoms with Crippen molar-refractivity contribution in [2.75, 3.05) is 18.5 Å². The summed E-state index contributed by atoms with van der Waals surface area (Å²) in [5.41, 5.74) is 3.21. The summed E-state index contributed by atoms with van der Waals surface area (Å²) in [6.45, 7) is 1.31. The molecule has 3 aromatic rings. The van der Waals surface area contributed by atoms with Crippen LogP contribution in [-0.4, -0.2) is 34.9 Å². The van der Waals surface area contributed by atoms with Gasteiger partial charge in [-0.3, -0.25) is 14.8 Å². The van der Waals surface area contributed by atoms with Gasteiger partial charge in [0.15, 0.2) is 0 Å². The first kappa shape index (κ1) is 19.7. The van der Waals surface area contributed by atoms with Crippen molar-refractivity contribution in [2.24, 2.45) is 10.9 Å². The van der Waals surface area contributed by atoms with E-state index in [1.807, 2.05) is 48.8 Å². The Hall–Kier alpha value is -3.94. The van der Waals surface area contributed by atoms with Crippen LogP contribution in [0.15, 0.2) is 60.0 Å². The van der Waals surface area contributed by atoms with Gasteiger partial charge in [-0.25, -0.2) is 4.98 Å². The largest absolute Gasteiger partial charge is 0.493 e. The van der Waals surface area contributed by atoms with Crippen molar-refractivity contribution in [3.63, 3.8) is 0 Å². The Kier molecular flexibility index (Phi) is 4.90. The number of benzene rings is 1. The summed E-state index contributed by atoms with van der Waals surface area (Å²) in [5.74, 6) is 4.07. The molecule has 1 aromatic carbocycles. The van der Waals surface area contributed by atoms with E-state index >= 15 is 0 Å². The number of nitrogens with one attached hydrogen (secondary N) is 2. The van der Waals surface area contributed by atoms with Crippen LogP contribution in [0.4, 0.5) is 5.82 Å². The summed E-state index contributed by atoms with van der Waals surface area (Å²) < 4.78 is 12.3. The van der Waals surface area contributed by atoms with E-state index in [-0.39, 0.29) is 17.9 Å². The predicted molar refractivity (Wildman–Crippen MR) is 123 cm³/mol. The fourth-order valence-electron chi connectivity index (χ4n) is 4.58. The number of amidine groups is 1. The van der Waals surface area contributed by atoms with Crippen molar-refractivity contribution >= 4 is 17.6 Å². The molecule has 5 heterocycles. The molecular weight excluding hydrogens is 418 g/mol. The highest BCUT2D eigenvalue weighted by molar-refractivity contribution is 5.93. The summed E-state index contributed by atoms with van der Waals surface area (Å²) in [4.78, 5) is 24.8. The Morgan fingerprint density at radius 1 is 1.06 bits per heavy atom. The highest BCUT2D eigenvalue weighted by atomic mass is 16.5. The number of anilines is 1. The third kappa shape index (κ3) is 3.88. The second-order valence-electron chi connectivity index (χ2n) is 8.47. The summed E-state index contributed by atoms with van der Waals surface area (Å²) in [7, 11) is 0. The first-order chi connectivity index (χ1) is 16.2. The van der Waals surface area contributed by atoms with Crippen molar-refractivity contribution in [3.05, 3.63) is 71.7 Å². The van der Waals surface area contributed by atoms with E-state index in [0.717, 1.165) is 47.2 Å². The minimum atomic E-state index is -0.0151. The molecule has 2 atom stereocenters. The van der Waals surface area contributed by atoms with Crippen molar-refractivity contribution < 1.29 is 14.3 Å². The minimum Gasteiger partial charge on any atom is -0.493 e. The molecule has 0 saturated carbocycles. The van der Waals surface area contributed by atoms with Gasteiger partial charge in [0.05, 0.1) is 25.1 Å². The zero-order chi connectivity index (χ0) is 22.2. The number of aromatic nitrogens is 2. The molecule has 8 nitrogen and oxygen atoms in total. The van der Waals surface area contributed by atoms with Crippen molar-refractivity contribution in [1.82, 2.24) is 15.3 Å². The van der Waals surface area contributed by atoms with Crippen LogP contribution < -0.4 is 20.1 Å². The third-order valence-corrected chi connectivity index (χ3v) is 6.30. The molecule has 6 rings (SSSR count). The summed E-state index contributed by atoms with van der Waals surface area (Å²) in [6, 6.07) is 12.0. The van der Waals surface area contributed by atoms with Gasteiger partial charge in [0.1, 0.15) is 28.9 Å². The van der Waals surface area contributed by atoms with Crippen LogP contribution in [0.3, 0.4) is 0 Å². The molecule has 2 unspecified atom stereocenters. The Morgan fingerprint density at radius 2 is 1.97 bits per heavy atom. The Bertz CT molecular complexity index is 1240. The Balaban J connectivity index is 1.18. The van der Waals surface area contributed by atoms with Gasteiger partial charge in [-0.1, -0.05) is 0 Å². The number of carbonyl (C=O) groups excluding carboxylic acids is 1. The maximum Gasteiger partial charge on any atom is 0.225 e. The Morgan fingerprint density at radius 3 is 2.88 bits per heavy atom. The van der Waals surface area contributed by atoms with Gasteiger partial charge in [0.2, 0.25) is 5.91 Å². The van der Waals surface area contributed by atoms with E-state index < -0.39 is 0 Å². The number of hydrogen-bond donors (Lipinski definition) is 2. The molecule has 2 N–H and O–H groups in total. The number of fused-ring (bicyclic) bond motifs is 2. The lowest BCUT2D eigenvalue weighted by Crippen LogP contribution is -2.36. The van der Waals surface area contributed by atoms with E-state index in [4.69, 9.17) is 14.5 Å². The number of rotatable bonds is 4. The van der Waals surface area contributed by atoms with Crippen LogP contribution in [0.1, 0.15) is 29.2 Å². The van der Waals surface area contributed by atoms with E-state index in [9.17, 15) is 4.79 Å². The molecule has 1 amide bonds. The molecule has 0 aliphatic carbocycles. The summed E-state index contributed by atoms with van der Waals surface area (Å²) >= 11 is 0. The van der Waals surface area contributed by atoms with Gasteiger partial charge in [0.25, 0.3) is 0 Å². The van der Waals surface area contributed by atoms with Crippen molar-refractivity contribution in [2.45, 2.75) is 25.3 Å². The third-order valence-electron chi connectivity index (χ3n) is 6.30. The van der Waals surface area contributed by atoms with Crippen LogP contribution in [0, 0.1) is 5.92 Å². The number of pyridine rings is 2. The number of aliphatic imine (C=N–C) groups is 1. The fraction of sp³-hybridized carbons (Fsp3) is 0.280. The fourth-order valence-corrected chi connectivity index (χ4v) is 4.58. The number of carbonyl (C=O) groups is 1. The molecular formula is C25H23N5O3. The second kappa shape index (κ2) is 8.20. The quantitative estimate of drug-likeness (QED) is 0.644. The summed E-state index contributed by atoms with van der Waals surface area (Å²) in [5, 5.41) is 6.38. The highest BCUT2D eigenvalue weighted by Crippen LogP contribution is 2.36. The summed E-state index contributed by atoms with van der Waals surface area (Å²) in [6.07, 6.45) is 7.15. The molecule has 0 spiro atoms. The van der Waals surface area contributed by atoms with Gasteiger partial charge in [-0.05, 0) is 60.4 Å². The van der Waals surface area contributed by atoms with Gasteiger partial charge in [0, 0.05) is 30.6 Å². The van der Waals surface area contributed by atoms with Crippen LogP contribution in [0.5, 0.6) is 17.2 Å². The van der Waals surface area contributed by atoms with Gasteiger partial charge in [-0.2, -0.15) is 0 Å². The van der Waals surface area contributed by atoms with E-state index in [0.29, 0.717) is 25.3 Å². The lowest BCUT2D eigenvalue weighted by atomic mass is 9.95. The molecule has 166 valence electrons. The second-order valence-corrected chi connectivity index (χ2v) is 8.47. The van der Waals surface area contributed by atoms with Crippen molar-refractivity contribution in [3.8, 4) is 17.2 Å². The van der Waals surface area contributed by atoms with Gasteiger partial charge >= 0.3 is 0 Å². The van der Waals surface area contributed by atoms with Gasteiger partial charge in [-0.15, -0.1) is 0 Å². The average molecular weight is 441 g/mol. The van der Waals surface area contributed by atoms with Gasteiger partial charge < -0.3 is 20.1 Å². The Labute approximate surface area is 191 Å². The molecule has 3 aliphatic rings. The molecule has 8 heteroatoms. The zero-order valence-electron chi connectivity index (χ0n) is 18.0. The molecule has 0 fully saturated rings. The smallest absolute Gasteiger partial charge is 0.225 e. The standard InChI is InChI=1S/C25H23N5O3/c31-23-4-2-19-22(7-10-27-25(19)30-23)33-18-1-3-21-16(12-18)11-17(14-32-21)24-28-13-20(29-24)15-5-8-26-9-6-15/h1,3,5-10,12,17,20H,2,4,11,13-14H2,(H,28,29)(H,27,30,31). The molecule has 2 aromatic heterocycles. The van der Waals surface area contributed by atoms with E-state index in [1.165, 1.54) is 5.56 Å². The average Bonchev–Trinajstić information content (AvgIpc) is 3.35. The first-order valence-corrected chi connectivity index (χ1v) is 11.1. The van der Waals surface area contributed by atoms with E-state index in [2.05, 4.69) is 20.6 Å². The van der Waals surface area contributed by atoms with E-state index in [1.54, 1.807) is 6.20 Å². The maximum absolute atomic E-state index is 11.7. The molecule has 0 bridgehead atoms. The molecule has 0 saturated heterocycles. The SMILES string of the molecule is O=C1CCc2c(Oc3ccc4c(c3)CC(C3=NCC(c5ccncc5)N3)CO4)ccnc2N1. The van der Waals surface area contributed by atoms with Crippen LogP contribution in [0.2, 0.25) is 0 Å². The maximum atomic E-state index is 11.7. The van der Waals surface area contributed by atoms with Crippen LogP contribution in [-0.2, 0) is 17.6 Å².